The molecule has 252 valence electrons. The third-order valence-corrected chi connectivity index (χ3v) is 10.2. The van der Waals surface area contributed by atoms with Gasteiger partial charge < -0.3 is 34.2 Å². The first-order valence-electron chi connectivity index (χ1n) is 16.3. The predicted octanol–water partition coefficient (Wildman–Crippen LogP) is 5.05. The zero-order valence-electron chi connectivity index (χ0n) is 27.4. The molecule has 0 amide bonds. The molecule has 2 aliphatic heterocycles. The lowest BCUT2D eigenvalue weighted by atomic mass is 9.76. The van der Waals surface area contributed by atoms with Crippen LogP contribution in [0.25, 0.3) is 32.9 Å². The summed E-state index contributed by atoms with van der Waals surface area (Å²) in [6.07, 6.45) is 11.0. The highest BCUT2D eigenvalue weighted by atomic mass is 19.1. The minimum atomic E-state index is -1.23. The fourth-order valence-corrected chi connectivity index (χ4v) is 8.04. The molecule has 10 nitrogen and oxygen atoms in total. The number of halogens is 2. The quantitative estimate of drug-likeness (QED) is 0.273. The lowest BCUT2D eigenvalue weighted by Gasteiger charge is -2.44. The van der Waals surface area contributed by atoms with Gasteiger partial charge in [0.25, 0.3) is 0 Å². The molecule has 0 radical (unpaired) electrons. The molecule has 2 aromatic carbocycles. The number of β-amino-alcohol motifs (C(OH)–C–C–N with tert-alkyl or cyclic N) is 1. The van der Waals surface area contributed by atoms with Crippen molar-refractivity contribution in [3.8, 4) is 41.2 Å². The second-order valence-electron chi connectivity index (χ2n) is 13.6. The van der Waals surface area contributed by atoms with Gasteiger partial charge >= 0.3 is 6.01 Å². The number of ether oxygens (including phenoxy) is 3. The number of anilines is 1. The molecule has 2 aromatic heterocycles. The van der Waals surface area contributed by atoms with Gasteiger partial charge in [-0.2, -0.15) is 9.97 Å². The Morgan fingerprint density at radius 1 is 1.12 bits per heavy atom. The molecule has 2 N–H and O–H groups in total. The highest BCUT2D eigenvalue weighted by Crippen LogP contribution is 2.48. The lowest BCUT2D eigenvalue weighted by molar-refractivity contribution is -0.0123. The number of phenols is 1. The number of rotatable bonds is 6. The number of aromatic hydroxyl groups is 1. The normalized spacial score (nSPS) is 24.8. The average molecular weight is 660 g/mol. The van der Waals surface area contributed by atoms with E-state index in [-0.39, 0.29) is 75.1 Å². The van der Waals surface area contributed by atoms with E-state index in [2.05, 4.69) is 27.8 Å². The van der Waals surface area contributed by atoms with Crippen molar-refractivity contribution in [1.82, 2.24) is 19.9 Å². The number of methoxy groups -OCH3 is 1. The Labute approximate surface area is 277 Å². The molecule has 48 heavy (non-hydrogen) atoms. The SMILES string of the molecule is C#Cc1c(F)ccc2cc(O)cc(-c3nc(OC)c4c(N5CCOC[C@@](C)(O)C5)nc(OC[C@]56CCC[C@H]5N(C)CCC6)nc4c3F)c12. The van der Waals surface area contributed by atoms with Crippen molar-refractivity contribution in [2.45, 2.75) is 50.7 Å². The Kier molecular flexibility index (Phi) is 8.26. The second-order valence-corrected chi connectivity index (χ2v) is 13.6. The molecule has 4 heterocycles. The molecule has 4 aromatic rings. The fraction of sp³-hybridized carbons (Fsp3) is 0.472. The molecule has 0 unspecified atom stereocenters. The van der Waals surface area contributed by atoms with Crippen LogP contribution in [0.1, 0.15) is 44.6 Å². The Hall–Kier alpha value is -4.31. The van der Waals surface area contributed by atoms with Crippen LogP contribution >= 0.6 is 0 Å². The van der Waals surface area contributed by atoms with Gasteiger partial charge in [0, 0.05) is 29.0 Å². The minimum Gasteiger partial charge on any atom is -0.508 e. The number of likely N-dealkylation sites (tertiary alicyclic amines) is 1. The van der Waals surface area contributed by atoms with Gasteiger partial charge in [0.15, 0.2) is 5.82 Å². The van der Waals surface area contributed by atoms with E-state index in [1.54, 1.807) is 11.8 Å². The lowest BCUT2D eigenvalue weighted by Crippen LogP contribution is -2.50. The van der Waals surface area contributed by atoms with Crippen molar-refractivity contribution in [2.24, 2.45) is 5.41 Å². The van der Waals surface area contributed by atoms with Crippen LogP contribution in [0.4, 0.5) is 14.6 Å². The summed E-state index contributed by atoms with van der Waals surface area (Å²) in [5.41, 5.74) is -1.70. The summed E-state index contributed by atoms with van der Waals surface area (Å²) in [6.45, 7) is 3.94. The Bertz CT molecular complexity index is 1950. The molecular weight excluding hydrogens is 620 g/mol. The van der Waals surface area contributed by atoms with Crippen LogP contribution in [0.15, 0.2) is 24.3 Å². The number of fused-ring (bicyclic) bond motifs is 3. The smallest absolute Gasteiger partial charge is 0.319 e. The summed E-state index contributed by atoms with van der Waals surface area (Å²) in [6, 6.07) is 5.73. The van der Waals surface area contributed by atoms with Crippen LogP contribution in [0.5, 0.6) is 17.6 Å². The number of nitrogens with zero attached hydrogens (tertiary/aromatic N) is 5. The largest absolute Gasteiger partial charge is 0.508 e. The third-order valence-electron chi connectivity index (χ3n) is 10.2. The summed E-state index contributed by atoms with van der Waals surface area (Å²) in [5, 5.41) is 22.5. The second kappa shape index (κ2) is 12.3. The van der Waals surface area contributed by atoms with E-state index in [0.29, 0.717) is 31.2 Å². The Morgan fingerprint density at radius 3 is 2.73 bits per heavy atom. The van der Waals surface area contributed by atoms with Gasteiger partial charge in [0.2, 0.25) is 5.88 Å². The number of aliphatic hydroxyl groups is 1. The number of terminal acetylenes is 1. The number of aromatic nitrogens is 3. The summed E-state index contributed by atoms with van der Waals surface area (Å²) in [5.74, 6) is 0.921. The molecule has 2 saturated heterocycles. The van der Waals surface area contributed by atoms with Gasteiger partial charge in [-0.15, -0.1) is 6.42 Å². The van der Waals surface area contributed by atoms with Crippen molar-refractivity contribution in [3.05, 3.63) is 41.5 Å². The molecule has 7 rings (SSSR count). The summed E-state index contributed by atoms with van der Waals surface area (Å²) < 4.78 is 49.9. The zero-order chi connectivity index (χ0) is 33.8. The van der Waals surface area contributed by atoms with Gasteiger partial charge in [-0.25, -0.2) is 13.8 Å². The summed E-state index contributed by atoms with van der Waals surface area (Å²) >= 11 is 0. The van der Waals surface area contributed by atoms with Gasteiger partial charge in [0.1, 0.15) is 39.6 Å². The van der Waals surface area contributed by atoms with Crippen molar-refractivity contribution in [1.29, 1.82) is 0 Å². The molecule has 3 fully saturated rings. The standard InChI is InChI=1S/C36H39F2N5O5/c1-5-23-25(37)10-9-21-16-22(44)17-24(27(21)23)30-29(38)31-28(33(39-30)46-4)32(43-14-15-47-19-35(2,45)18-43)41-34(40-31)48-20-36-11-6-8-26(36)42(3)13-7-12-36/h1,9-10,16-17,26,44-45H,6-8,11-15,18-20H2,2-4H3/t26-,35+,36-/m1/s1. The number of hydrogen-bond acceptors (Lipinski definition) is 10. The van der Waals surface area contributed by atoms with Gasteiger partial charge in [-0.1, -0.05) is 18.4 Å². The highest BCUT2D eigenvalue weighted by Gasteiger charge is 2.47. The maximum atomic E-state index is 17.1. The van der Waals surface area contributed by atoms with Crippen LogP contribution in [0.3, 0.4) is 0 Å². The predicted molar refractivity (Wildman–Crippen MR) is 177 cm³/mol. The van der Waals surface area contributed by atoms with Gasteiger partial charge in [-0.05, 0) is 69.8 Å². The van der Waals surface area contributed by atoms with Crippen LogP contribution in [0, 0.1) is 29.4 Å². The van der Waals surface area contributed by atoms with E-state index in [9.17, 15) is 14.6 Å². The van der Waals surface area contributed by atoms with E-state index in [4.69, 9.17) is 25.6 Å². The minimum absolute atomic E-state index is 0.00809. The van der Waals surface area contributed by atoms with E-state index in [1.807, 2.05) is 0 Å². The number of hydrogen-bond donors (Lipinski definition) is 2. The maximum absolute atomic E-state index is 17.1. The van der Waals surface area contributed by atoms with Crippen LogP contribution in [-0.2, 0) is 4.74 Å². The maximum Gasteiger partial charge on any atom is 0.319 e. The van der Waals surface area contributed by atoms with Crippen molar-refractivity contribution >= 4 is 27.5 Å². The third kappa shape index (κ3) is 5.53. The van der Waals surface area contributed by atoms with E-state index >= 15 is 4.39 Å². The van der Waals surface area contributed by atoms with Gasteiger partial charge in [0.05, 0.1) is 39.0 Å². The van der Waals surface area contributed by atoms with Gasteiger partial charge in [-0.3, -0.25) is 0 Å². The molecule has 0 bridgehead atoms. The first kappa shape index (κ1) is 32.2. The van der Waals surface area contributed by atoms with E-state index < -0.39 is 17.2 Å². The number of benzene rings is 2. The average Bonchev–Trinajstić information content (AvgIpc) is 3.42. The molecule has 1 aliphatic carbocycles. The van der Waals surface area contributed by atoms with Crippen LogP contribution in [0.2, 0.25) is 0 Å². The van der Waals surface area contributed by atoms with E-state index in [0.717, 1.165) is 38.6 Å². The molecule has 1 saturated carbocycles. The zero-order valence-corrected chi connectivity index (χ0v) is 27.4. The van der Waals surface area contributed by atoms with E-state index in [1.165, 1.54) is 31.4 Å². The first-order chi connectivity index (χ1) is 23.0. The van der Waals surface area contributed by atoms with Crippen molar-refractivity contribution in [2.75, 3.05) is 58.5 Å². The monoisotopic (exact) mass is 659 g/mol. The van der Waals surface area contributed by atoms with Crippen LogP contribution in [-0.4, -0.2) is 95.3 Å². The summed E-state index contributed by atoms with van der Waals surface area (Å²) in [7, 11) is 3.55. The number of pyridine rings is 1. The molecular formula is C36H39F2N5O5. The van der Waals surface area contributed by atoms with Crippen molar-refractivity contribution in [3.63, 3.8) is 0 Å². The fourth-order valence-electron chi connectivity index (χ4n) is 8.04. The van der Waals surface area contributed by atoms with Crippen molar-refractivity contribution < 1.29 is 33.2 Å². The highest BCUT2D eigenvalue weighted by molar-refractivity contribution is 6.04. The Morgan fingerprint density at radius 2 is 1.94 bits per heavy atom. The number of phenolic OH excluding ortho intramolecular Hbond substituents is 1. The first-order valence-corrected chi connectivity index (χ1v) is 16.3. The van der Waals surface area contributed by atoms with Crippen LogP contribution < -0.4 is 14.4 Å². The topological polar surface area (TPSA) is 113 Å². The summed E-state index contributed by atoms with van der Waals surface area (Å²) in [4.78, 5) is 18.2. The molecule has 0 spiro atoms. The number of piperidine rings is 1. The molecule has 3 atom stereocenters. The molecule has 3 aliphatic rings. The molecule has 12 heteroatoms. The Balaban J connectivity index is 1.44.